The summed E-state index contributed by atoms with van der Waals surface area (Å²) in [6.45, 7) is 1.65. The van der Waals surface area contributed by atoms with Gasteiger partial charge in [0.1, 0.15) is 12.4 Å². The van der Waals surface area contributed by atoms with E-state index >= 15 is 0 Å². The minimum Gasteiger partial charge on any atom is -0.484 e. The van der Waals surface area contributed by atoms with Crippen molar-refractivity contribution in [3.05, 3.63) is 42.0 Å². The zero-order chi connectivity index (χ0) is 17.8. The molecule has 1 unspecified atom stereocenters. The Kier molecular flexibility index (Phi) is 5.15. The van der Waals surface area contributed by atoms with Crippen molar-refractivity contribution in [2.24, 2.45) is 0 Å². The van der Waals surface area contributed by atoms with E-state index in [4.69, 9.17) is 14.0 Å². The molecule has 0 N–H and O–H groups in total. The van der Waals surface area contributed by atoms with Crippen molar-refractivity contribution in [2.45, 2.75) is 44.3 Å². The first kappa shape index (κ1) is 17.0. The average molecular weight is 357 g/mol. The molecule has 7 heteroatoms. The maximum absolute atomic E-state index is 12.4. The van der Waals surface area contributed by atoms with Crippen LogP contribution in [0.4, 0.5) is 0 Å². The summed E-state index contributed by atoms with van der Waals surface area (Å²) in [5.41, 5.74) is 0. The molecule has 2 fully saturated rings. The van der Waals surface area contributed by atoms with Crippen LogP contribution in [0.3, 0.4) is 0 Å². The Bertz CT molecular complexity index is 729. The van der Waals surface area contributed by atoms with Crippen molar-refractivity contribution in [3.63, 3.8) is 0 Å². The largest absolute Gasteiger partial charge is 0.484 e. The summed E-state index contributed by atoms with van der Waals surface area (Å²) in [7, 11) is 0. The van der Waals surface area contributed by atoms with Crippen molar-refractivity contribution >= 4 is 5.91 Å². The molecule has 4 rings (SSSR count). The number of piperidine rings is 1. The van der Waals surface area contributed by atoms with Crippen LogP contribution < -0.4 is 4.74 Å². The fraction of sp³-hybridized carbons (Fsp3) is 0.526. The Hall–Kier alpha value is -2.41. The Labute approximate surface area is 152 Å². The van der Waals surface area contributed by atoms with Crippen LogP contribution in [-0.2, 0) is 16.1 Å². The molecular weight excluding hydrogens is 334 g/mol. The molecule has 1 saturated carbocycles. The molecule has 7 nitrogen and oxygen atoms in total. The highest BCUT2D eigenvalue weighted by atomic mass is 16.5. The van der Waals surface area contributed by atoms with E-state index in [9.17, 15) is 4.79 Å². The van der Waals surface area contributed by atoms with Crippen LogP contribution in [0.5, 0.6) is 5.75 Å². The van der Waals surface area contributed by atoms with E-state index in [-0.39, 0.29) is 18.6 Å². The number of hydrogen-bond donors (Lipinski definition) is 0. The van der Waals surface area contributed by atoms with Crippen LogP contribution in [0.2, 0.25) is 0 Å². The molecule has 2 aromatic rings. The fourth-order valence-corrected chi connectivity index (χ4v) is 3.08. The van der Waals surface area contributed by atoms with Crippen LogP contribution in [0.15, 0.2) is 34.9 Å². The second-order valence-electron chi connectivity index (χ2n) is 6.84. The lowest BCUT2D eigenvalue weighted by molar-refractivity contribution is -0.138. The SMILES string of the molecule is O=C(COc1ccccc1)N1CCCC(OCc2nc(C3CC3)no2)C1. The van der Waals surface area contributed by atoms with Crippen LogP contribution in [0, 0.1) is 0 Å². The Balaban J connectivity index is 1.23. The van der Waals surface area contributed by atoms with Crippen molar-refractivity contribution in [2.75, 3.05) is 19.7 Å². The fourth-order valence-electron chi connectivity index (χ4n) is 3.08. The summed E-state index contributed by atoms with van der Waals surface area (Å²) in [6, 6.07) is 9.37. The summed E-state index contributed by atoms with van der Waals surface area (Å²) in [6.07, 6.45) is 4.11. The van der Waals surface area contributed by atoms with Crippen LogP contribution in [0.1, 0.15) is 43.3 Å². The number of carbonyl (C=O) groups excluding carboxylic acids is 1. The number of likely N-dealkylation sites (tertiary alicyclic amines) is 1. The zero-order valence-electron chi connectivity index (χ0n) is 14.7. The van der Waals surface area contributed by atoms with Crippen LogP contribution >= 0.6 is 0 Å². The molecule has 1 aromatic heterocycles. The number of para-hydroxylation sites is 1. The maximum Gasteiger partial charge on any atom is 0.260 e. The number of carbonyl (C=O) groups is 1. The third-order valence-electron chi connectivity index (χ3n) is 4.71. The van der Waals surface area contributed by atoms with E-state index in [0.29, 0.717) is 30.7 Å². The predicted molar refractivity (Wildman–Crippen MR) is 92.6 cm³/mol. The van der Waals surface area contributed by atoms with Gasteiger partial charge in [0.05, 0.1) is 6.10 Å². The molecule has 1 aromatic carbocycles. The topological polar surface area (TPSA) is 77.7 Å². The molecule has 1 aliphatic heterocycles. The van der Waals surface area contributed by atoms with Gasteiger partial charge >= 0.3 is 0 Å². The number of nitrogens with zero attached hydrogens (tertiary/aromatic N) is 3. The molecule has 0 spiro atoms. The van der Waals surface area contributed by atoms with Gasteiger partial charge < -0.3 is 18.9 Å². The quantitative estimate of drug-likeness (QED) is 0.758. The first-order chi connectivity index (χ1) is 12.8. The van der Waals surface area contributed by atoms with E-state index in [2.05, 4.69) is 10.1 Å². The van der Waals surface area contributed by atoms with Crippen molar-refractivity contribution in [1.29, 1.82) is 0 Å². The van der Waals surface area contributed by atoms with Crippen LogP contribution in [0.25, 0.3) is 0 Å². The third-order valence-corrected chi connectivity index (χ3v) is 4.71. The third kappa shape index (κ3) is 4.40. The molecule has 2 heterocycles. The van der Waals surface area contributed by atoms with E-state index in [1.807, 2.05) is 30.3 Å². The normalized spacial score (nSPS) is 20.2. The summed E-state index contributed by atoms with van der Waals surface area (Å²) in [5, 5.41) is 3.99. The van der Waals surface area contributed by atoms with Gasteiger partial charge in [-0.2, -0.15) is 4.98 Å². The number of hydrogen-bond acceptors (Lipinski definition) is 6. The molecule has 2 aliphatic rings. The molecule has 0 bridgehead atoms. The van der Waals surface area contributed by atoms with Crippen molar-refractivity contribution < 1.29 is 18.8 Å². The highest BCUT2D eigenvalue weighted by Crippen LogP contribution is 2.38. The van der Waals surface area contributed by atoms with Gasteiger partial charge in [-0.1, -0.05) is 23.4 Å². The monoisotopic (exact) mass is 357 g/mol. The average Bonchev–Trinajstić information content (AvgIpc) is 3.44. The first-order valence-corrected chi connectivity index (χ1v) is 9.17. The Morgan fingerprint density at radius 3 is 2.88 bits per heavy atom. The number of aromatic nitrogens is 2. The van der Waals surface area contributed by atoms with Crippen molar-refractivity contribution in [3.8, 4) is 5.75 Å². The standard InChI is InChI=1S/C19H23N3O4/c23-18(13-25-15-5-2-1-3-6-15)22-10-4-7-16(11-22)24-12-17-20-19(21-26-17)14-8-9-14/h1-3,5-6,14,16H,4,7-13H2. The van der Waals surface area contributed by atoms with Gasteiger partial charge in [0.15, 0.2) is 12.4 Å². The zero-order valence-corrected chi connectivity index (χ0v) is 14.7. The summed E-state index contributed by atoms with van der Waals surface area (Å²) >= 11 is 0. The highest BCUT2D eigenvalue weighted by molar-refractivity contribution is 5.77. The lowest BCUT2D eigenvalue weighted by atomic mass is 10.1. The second kappa shape index (κ2) is 7.86. The number of ether oxygens (including phenoxy) is 2. The van der Waals surface area contributed by atoms with Gasteiger partial charge in [-0.3, -0.25) is 4.79 Å². The molecule has 0 radical (unpaired) electrons. The lowest BCUT2D eigenvalue weighted by Crippen LogP contribution is -2.45. The molecule has 26 heavy (non-hydrogen) atoms. The van der Waals surface area contributed by atoms with E-state index in [1.165, 1.54) is 0 Å². The van der Waals surface area contributed by atoms with Gasteiger partial charge in [0.2, 0.25) is 0 Å². The van der Waals surface area contributed by atoms with Crippen molar-refractivity contribution in [1.82, 2.24) is 15.0 Å². The lowest BCUT2D eigenvalue weighted by Gasteiger charge is -2.32. The van der Waals surface area contributed by atoms with E-state index in [0.717, 1.165) is 38.1 Å². The van der Waals surface area contributed by atoms with E-state index < -0.39 is 0 Å². The second-order valence-corrected chi connectivity index (χ2v) is 6.84. The van der Waals surface area contributed by atoms with Gasteiger partial charge in [-0.05, 0) is 37.8 Å². The molecular formula is C19H23N3O4. The maximum atomic E-state index is 12.4. The minimum atomic E-state index is -0.0176. The molecule has 138 valence electrons. The van der Waals surface area contributed by atoms with E-state index in [1.54, 1.807) is 4.90 Å². The van der Waals surface area contributed by atoms with Gasteiger partial charge in [-0.25, -0.2) is 0 Å². The Morgan fingerprint density at radius 1 is 1.23 bits per heavy atom. The molecule has 1 amide bonds. The predicted octanol–water partition coefficient (Wildman–Crippen LogP) is 2.53. The Morgan fingerprint density at radius 2 is 2.08 bits per heavy atom. The smallest absolute Gasteiger partial charge is 0.260 e. The van der Waals surface area contributed by atoms with Crippen LogP contribution in [-0.4, -0.2) is 46.7 Å². The number of amides is 1. The summed E-state index contributed by atoms with van der Waals surface area (Å²) in [4.78, 5) is 18.6. The van der Waals surface area contributed by atoms with Gasteiger partial charge in [0, 0.05) is 19.0 Å². The van der Waals surface area contributed by atoms with Gasteiger partial charge in [-0.15, -0.1) is 0 Å². The summed E-state index contributed by atoms with van der Waals surface area (Å²) < 4.78 is 16.7. The number of rotatable bonds is 7. The minimum absolute atomic E-state index is 0.0132. The highest BCUT2D eigenvalue weighted by Gasteiger charge is 2.29. The first-order valence-electron chi connectivity index (χ1n) is 9.17. The molecule has 1 aliphatic carbocycles. The summed E-state index contributed by atoms with van der Waals surface area (Å²) in [5.74, 6) is 2.47. The van der Waals surface area contributed by atoms with Gasteiger partial charge in [0.25, 0.3) is 11.8 Å². The number of benzene rings is 1. The molecule has 1 saturated heterocycles. The molecule has 1 atom stereocenters.